The van der Waals surface area contributed by atoms with Crippen molar-refractivity contribution in [3.8, 4) is 11.5 Å². The first-order valence-electron chi connectivity index (χ1n) is 12.8. The van der Waals surface area contributed by atoms with Crippen LogP contribution in [0.15, 0.2) is 82.8 Å². The van der Waals surface area contributed by atoms with Crippen LogP contribution in [0, 0.1) is 6.92 Å². The van der Waals surface area contributed by atoms with Crippen LogP contribution in [0.4, 0.5) is 10.5 Å². The Morgan fingerprint density at radius 1 is 0.975 bits per heavy atom. The number of urea groups is 1. The zero-order valence-electron chi connectivity index (χ0n) is 22.3. The Labute approximate surface area is 240 Å². The maximum atomic E-state index is 13.3. The topological polar surface area (TPSA) is 84.9 Å². The van der Waals surface area contributed by atoms with Crippen molar-refractivity contribution in [2.45, 2.75) is 26.9 Å². The molecule has 0 aromatic heterocycles. The molecule has 0 bridgehead atoms. The molecule has 0 unspecified atom stereocenters. The molecule has 4 aromatic carbocycles. The van der Waals surface area contributed by atoms with E-state index >= 15 is 0 Å². The van der Waals surface area contributed by atoms with Gasteiger partial charge in [0.2, 0.25) is 0 Å². The molecule has 1 saturated heterocycles. The Kier molecular flexibility index (Phi) is 7.71. The van der Waals surface area contributed by atoms with Gasteiger partial charge in [-0.2, -0.15) is 0 Å². The van der Waals surface area contributed by atoms with E-state index in [1.54, 1.807) is 24.3 Å². The van der Waals surface area contributed by atoms with Crippen molar-refractivity contribution in [3.05, 3.63) is 105 Å². The third kappa shape index (κ3) is 5.22. The van der Waals surface area contributed by atoms with Gasteiger partial charge in [-0.3, -0.25) is 14.9 Å². The number of amides is 4. The van der Waals surface area contributed by atoms with Gasteiger partial charge in [0.15, 0.2) is 11.5 Å². The van der Waals surface area contributed by atoms with E-state index in [-0.39, 0.29) is 5.57 Å². The summed E-state index contributed by atoms with van der Waals surface area (Å²) in [5.74, 6) is -0.562. The number of hydrogen-bond donors (Lipinski definition) is 1. The number of carbonyl (C=O) groups is 3. The number of ether oxygens (including phenoxy) is 2. The zero-order valence-corrected chi connectivity index (χ0v) is 23.9. The number of nitrogens with one attached hydrogen (secondary N) is 1. The fourth-order valence-corrected chi connectivity index (χ4v) is 5.26. The predicted molar refractivity (Wildman–Crippen MR) is 159 cm³/mol. The molecule has 1 heterocycles. The number of imide groups is 2. The molecule has 0 aliphatic carbocycles. The minimum absolute atomic E-state index is 0.173. The molecule has 8 heteroatoms. The van der Waals surface area contributed by atoms with Gasteiger partial charge in [0, 0.05) is 5.56 Å². The number of barbiturate groups is 1. The Bertz CT molecular complexity index is 1680. The number of hydrogen-bond acceptors (Lipinski definition) is 5. The summed E-state index contributed by atoms with van der Waals surface area (Å²) in [7, 11) is 1.52. The molecular formula is C32H27BrN2O5. The van der Waals surface area contributed by atoms with Gasteiger partial charge in [-0.1, -0.05) is 55.5 Å². The van der Waals surface area contributed by atoms with E-state index in [2.05, 4.69) is 45.5 Å². The molecule has 4 amide bonds. The van der Waals surface area contributed by atoms with Crippen molar-refractivity contribution in [2.24, 2.45) is 0 Å². The fourth-order valence-electron chi connectivity index (χ4n) is 4.68. The highest BCUT2D eigenvalue weighted by molar-refractivity contribution is 9.10. The lowest BCUT2D eigenvalue weighted by molar-refractivity contribution is -0.122. The van der Waals surface area contributed by atoms with Crippen molar-refractivity contribution in [1.29, 1.82) is 0 Å². The average molecular weight is 599 g/mol. The molecule has 7 nitrogen and oxygen atoms in total. The van der Waals surface area contributed by atoms with Crippen LogP contribution in [0.1, 0.15) is 29.2 Å². The summed E-state index contributed by atoms with van der Waals surface area (Å²) < 4.78 is 12.4. The van der Waals surface area contributed by atoms with Gasteiger partial charge in [0.25, 0.3) is 11.8 Å². The molecule has 202 valence electrons. The number of methoxy groups -OCH3 is 1. The van der Waals surface area contributed by atoms with E-state index in [0.29, 0.717) is 33.8 Å². The lowest BCUT2D eigenvalue weighted by Crippen LogP contribution is -2.54. The molecule has 0 atom stereocenters. The monoisotopic (exact) mass is 598 g/mol. The molecule has 0 saturated carbocycles. The third-order valence-corrected chi connectivity index (χ3v) is 7.49. The molecule has 0 spiro atoms. The van der Waals surface area contributed by atoms with Gasteiger partial charge >= 0.3 is 6.03 Å². The smallest absolute Gasteiger partial charge is 0.335 e. The van der Waals surface area contributed by atoms with Crippen LogP contribution in [0.25, 0.3) is 16.8 Å². The number of aryl methyl sites for hydroxylation is 2. The largest absolute Gasteiger partial charge is 0.493 e. The highest BCUT2D eigenvalue weighted by atomic mass is 79.9. The Morgan fingerprint density at radius 3 is 2.45 bits per heavy atom. The first-order chi connectivity index (χ1) is 19.3. The van der Waals surface area contributed by atoms with E-state index in [9.17, 15) is 14.4 Å². The minimum atomic E-state index is -0.789. The molecular weight excluding hydrogens is 572 g/mol. The van der Waals surface area contributed by atoms with E-state index < -0.39 is 17.8 Å². The van der Waals surface area contributed by atoms with E-state index in [0.717, 1.165) is 38.8 Å². The van der Waals surface area contributed by atoms with Crippen molar-refractivity contribution in [3.63, 3.8) is 0 Å². The van der Waals surface area contributed by atoms with Crippen LogP contribution in [0.3, 0.4) is 0 Å². The second kappa shape index (κ2) is 11.4. The quantitative estimate of drug-likeness (QED) is 0.188. The van der Waals surface area contributed by atoms with Crippen molar-refractivity contribution < 1.29 is 23.9 Å². The molecule has 1 aliphatic rings. The Hall–Kier alpha value is -4.43. The number of fused-ring (bicyclic) bond motifs is 1. The summed E-state index contributed by atoms with van der Waals surface area (Å²) in [6, 6.07) is 22.0. The first-order valence-corrected chi connectivity index (χ1v) is 13.6. The summed E-state index contributed by atoms with van der Waals surface area (Å²) in [6.07, 6.45) is 2.26. The number of halogens is 1. The molecule has 4 aromatic rings. The van der Waals surface area contributed by atoms with Crippen LogP contribution >= 0.6 is 15.9 Å². The summed E-state index contributed by atoms with van der Waals surface area (Å²) in [5.41, 5.74) is 3.97. The highest BCUT2D eigenvalue weighted by Gasteiger charge is 2.36. The van der Waals surface area contributed by atoms with Crippen LogP contribution in [-0.4, -0.2) is 25.0 Å². The van der Waals surface area contributed by atoms with Crippen LogP contribution < -0.4 is 19.7 Å². The maximum absolute atomic E-state index is 13.3. The number of rotatable bonds is 7. The molecule has 1 aliphatic heterocycles. The highest BCUT2D eigenvalue weighted by Crippen LogP contribution is 2.38. The van der Waals surface area contributed by atoms with Gasteiger partial charge in [0.1, 0.15) is 12.2 Å². The Morgan fingerprint density at radius 2 is 1.73 bits per heavy atom. The molecule has 0 radical (unpaired) electrons. The second-order valence-corrected chi connectivity index (χ2v) is 10.2. The fraction of sp³-hybridized carbons (Fsp3) is 0.156. The predicted octanol–water partition coefficient (Wildman–Crippen LogP) is 6.73. The van der Waals surface area contributed by atoms with Gasteiger partial charge in [-0.15, -0.1) is 0 Å². The van der Waals surface area contributed by atoms with Crippen molar-refractivity contribution in [1.82, 2.24) is 5.32 Å². The second-order valence-electron chi connectivity index (χ2n) is 9.38. The summed E-state index contributed by atoms with van der Waals surface area (Å²) in [6.45, 7) is 4.38. The van der Waals surface area contributed by atoms with E-state index in [1.807, 2.05) is 38.1 Å². The SMILES string of the molecule is CCc1ccc(N2C(=O)NC(=O)/C(=C\c3cc(Br)c(OCc4c(C)ccc5ccccc45)c(OC)c3)C2=O)cc1. The molecule has 1 N–H and O–H groups in total. The Balaban J connectivity index is 1.45. The lowest BCUT2D eigenvalue weighted by atomic mass is 10.0. The number of carbonyl (C=O) groups excluding carboxylic acids is 3. The third-order valence-electron chi connectivity index (χ3n) is 6.90. The number of anilines is 1. The van der Waals surface area contributed by atoms with Crippen LogP contribution in [0.2, 0.25) is 0 Å². The normalized spacial score (nSPS) is 14.6. The molecule has 5 rings (SSSR count). The number of nitrogens with zero attached hydrogens (tertiary/aromatic N) is 1. The van der Waals surface area contributed by atoms with Gasteiger partial charge in [-0.05, 0) is 87.1 Å². The van der Waals surface area contributed by atoms with E-state index in [1.165, 1.54) is 13.2 Å². The molecule has 40 heavy (non-hydrogen) atoms. The maximum Gasteiger partial charge on any atom is 0.335 e. The number of benzene rings is 4. The summed E-state index contributed by atoms with van der Waals surface area (Å²) >= 11 is 3.56. The summed E-state index contributed by atoms with van der Waals surface area (Å²) in [5, 5.41) is 4.51. The zero-order chi connectivity index (χ0) is 28.4. The summed E-state index contributed by atoms with van der Waals surface area (Å²) in [4.78, 5) is 39.5. The first kappa shape index (κ1) is 27.1. The average Bonchev–Trinajstić information content (AvgIpc) is 2.95. The van der Waals surface area contributed by atoms with E-state index in [4.69, 9.17) is 9.47 Å². The van der Waals surface area contributed by atoms with Crippen LogP contribution in [0.5, 0.6) is 11.5 Å². The minimum Gasteiger partial charge on any atom is -0.493 e. The van der Waals surface area contributed by atoms with Gasteiger partial charge in [-0.25, -0.2) is 9.69 Å². The van der Waals surface area contributed by atoms with Gasteiger partial charge < -0.3 is 9.47 Å². The van der Waals surface area contributed by atoms with Crippen molar-refractivity contribution in [2.75, 3.05) is 12.0 Å². The lowest BCUT2D eigenvalue weighted by Gasteiger charge is -2.26. The standard InChI is InChI=1S/C32H27BrN2O5/c1-4-20-10-13-23(14-11-20)35-31(37)25(30(36)34-32(35)38)15-21-16-27(33)29(28(17-21)39-3)40-18-26-19(2)9-12-22-7-5-6-8-24(22)26/h5-17H,4,18H2,1-3H3,(H,34,36,38)/b25-15+. The van der Waals surface area contributed by atoms with Gasteiger partial charge in [0.05, 0.1) is 17.3 Å². The van der Waals surface area contributed by atoms with Crippen molar-refractivity contribution >= 4 is 56.3 Å². The molecule has 1 fully saturated rings. The van der Waals surface area contributed by atoms with Crippen LogP contribution in [-0.2, 0) is 22.6 Å².